The topological polar surface area (TPSA) is 63.4 Å². The fraction of sp³-hybridized carbons (Fsp3) is 0.571. The molecule has 0 aliphatic carbocycles. The number of hydrogen-bond acceptors (Lipinski definition) is 3. The minimum Gasteiger partial charge on any atom is -0.396 e. The van der Waals surface area contributed by atoms with Gasteiger partial charge in [-0.25, -0.2) is 12.8 Å². The van der Waals surface area contributed by atoms with Crippen LogP contribution in [0.2, 0.25) is 0 Å². The maximum Gasteiger partial charge on any atom is 0.244 e. The highest BCUT2D eigenvalue weighted by Gasteiger charge is 2.34. The van der Waals surface area contributed by atoms with Crippen LogP contribution in [0.15, 0.2) is 21.5 Å². The largest absolute Gasteiger partial charge is 0.396 e. The van der Waals surface area contributed by atoms with E-state index >= 15 is 0 Å². The van der Waals surface area contributed by atoms with Crippen LogP contribution in [0.4, 0.5) is 10.1 Å². The van der Waals surface area contributed by atoms with Gasteiger partial charge >= 0.3 is 0 Å². The van der Waals surface area contributed by atoms with Crippen molar-refractivity contribution >= 4 is 31.6 Å². The van der Waals surface area contributed by atoms with Crippen molar-refractivity contribution in [2.45, 2.75) is 50.0 Å². The zero-order chi connectivity index (χ0) is 15.6. The van der Waals surface area contributed by atoms with Gasteiger partial charge in [-0.15, -0.1) is 0 Å². The molecule has 118 valence electrons. The summed E-state index contributed by atoms with van der Waals surface area (Å²) in [4.78, 5) is 0.0457. The normalized spacial score (nSPS) is 20.6. The first-order chi connectivity index (χ1) is 9.87. The predicted octanol–water partition coefficient (Wildman–Crippen LogP) is 3.51. The molecule has 1 fully saturated rings. The standard InChI is InChI=1S/C14H20BrFN2O2S/c1-2-5-10-6-3-4-7-18(10)21(19,20)14-9-13(17)12(16)8-11(14)15/h8-10H,2-7,17H2,1H3. The second kappa shape index (κ2) is 6.62. The van der Waals surface area contributed by atoms with E-state index in [1.807, 2.05) is 6.92 Å². The molecule has 1 aromatic rings. The summed E-state index contributed by atoms with van der Waals surface area (Å²) in [6, 6.07) is 2.33. The summed E-state index contributed by atoms with van der Waals surface area (Å²) in [5.41, 5.74) is 5.38. The highest BCUT2D eigenvalue weighted by atomic mass is 79.9. The average molecular weight is 379 g/mol. The van der Waals surface area contributed by atoms with Crippen LogP contribution >= 0.6 is 15.9 Å². The third-order valence-electron chi connectivity index (χ3n) is 3.83. The maximum atomic E-state index is 13.4. The molecule has 1 atom stereocenters. The molecule has 0 spiro atoms. The molecular formula is C14H20BrFN2O2S. The van der Waals surface area contributed by atoms with Gasteiger partial charge in [-0.05, 0) is 47.3 Å². The Kier molecular flexibility index (Phi) is 5.27. The van der Waals surface area contributed by atoms with Crippen molar-refractivity contribution in [3.63, 3.8) is 0 Å². The van der Waals surface area contributed by atoms with E-state index in [2.05, 4.69) is 15.9 Å². The molecule has 1 aromatic carbocycles. The van der Waals surface area contributed by atoms with Crippen molar-refractivity contribution in [1.29, 1.82) is 0 Å². The molecular weight excluding hydrogens is 359 g/mol. The Morgan fingerprint density at radius 2 is 2.14 bits per heavy atom. The van der Waals surface area contributed by atoms with E-state index in [9.17, 15) is 12.8 Å². The average Bonchev–Trinajstić information content (AvgIpc) is 2.43. The van der Waals surface area contributed by atoms with Crippen molar-refractivity contribution in [3.8, 4) is 0 Å². The summed E-state index contributed by atoms with van der Waals surface area (Å²) in [5.74, 6) is -0.621. The lowest BCUT2D eigenvalue weighted by molar-refractivity contribution is 0.239. The SMILES string of the molecule is CCCC1CCCCN1S(=O)(=O)c1cc(N)c(F)cc1Br. The molecule has 0 radical (unpaired) electrons. The number of nitrogen functional groups attached to an aromatic ring is 1. The highest BCUT2D eigenvalue weighted by Crippen LogP contribution is 2.33. The fourth-order valence-corrected chi connectivity index (χ4v) is 5.52. The molecule has 1 heterocycles. The van der Waals surface area contributed by atoms with Crippen molar-refractivity contribution in [2.24, 2.45) is 0 Å². The minimum atomic E-state index is -3.66. The summed E-state index contributed by atoms with van der Waals surface area (Å²) in [6.45, 7) is 2.56. The Labute approximate surface area is 133 Å². The van der Waals surface area contributed by atoms with Gasteiger partial charge in [-0.3, -0.25) is 0 Å². The van der Waals surface area contributed by atoms with E-state index in [1.54, 1.807) is 4.31 Å². The molecule has 2 N–H and O–H groups in total. The van der Waals surface area contributed by atoms with E-state index in [1.165, 1.54) is 6.07 Å². The maximum absolute atomic E-state index is 13.4. The summed E-state index contributed by atoms with van der Waals surface area (Å²) < 4.78 is 40.9. The van der Waals surface area contributed by atoms with Gasteiger partial charge in [0.1, 0.15) is 5.82 Å². The van der Waals surface area contributed by atoms with Crippen molar-refractivity contribution < 1.29 is 12.8 Å². The summed E-state index contributed by atoms with van der Waals surface area (Å²) in [7, 11) is -3.66. The Morgan fingerprint density at radius 1 is 1.43 bits per heavy atom. The molecule has 1 saturated heterocycles. The number of nitrogens with two attached hydrogens (primary N) is 1. The van der Waals surface area contributed by atoms with Crippen LogP contribution in [0, 0.1) is 5.82 Å². The van der Waals surface area contributed by atoms with E-state index in [4.69, 9.17) is 5.73 Å². The predicted molar refractivity (Wildman–Crippen MR) is 85.0 cm³/mol. The number of nitrogens with zero attached hydrogens (tertiary/aromatic N) is 1. The zero-order valence-corrected chi connectivity index (χ0v) is 14.4. The van der Waals surface area contributed by atoms with Crippen molar-refractivity contribution in [1.82, 2.24) is 4.31 Å². The Morgan fingerprint density at radius 3 is 2.81 bits per heavy atom. The third kappa shape index (κ3) is 3.40. The van der Waals surface area contributed by atoms with Gasteiger partial charge < -0.3 is 5.73 Å². The Bertz CT molecular complexity index is 620. The van der Waals surface area contributed by atoms with E-state index in [-0.39, 0.29) is 21.1 Å². The first kappa shape index (κ1) is 16.7. The molecule has 0 amide bonds. The van der Waals surface area contributed by atoms with Gasteiger partial charge in [0.2, 0.25) is 10.0 Å². The van der Waals surface area contributed by atoms with Gasteiger partial charge in [0.05, 0.1) is 10.6 Å². The quantitative estimate of drug-likeness (QED) is 0.815. The van der Waals surface area contributed by atoms with Crippen molar-refractivity contribution in [2.75, 3.05) is 12.3 Å². The van der Waals surface area contributed by atoms with Crippen LogP contribution < -0.4 is 5.73 Å². The van der Waals surface area contributed by atoms with Crippen LogP contribution in [-0.4, -0.2) is 25.3 Å². The van der Waals surface area contributed by atoms with Gasteiger partial charge in [0.15, 0.2) is 0 Å². The number of sulfonamides is 1. The lowest BCUT2D eigenvalue weighted by Gasteiger charge is -2.34. The second-order valence-corrected chi connectivity index (χ2v) is 8.07. The molecule has 2 rings (SSSR count). The van der Waals surface area contributed by atoms with Crippen LogP contribution in [0.25, 0.3) is 0 Å². The smallest absolute Gasteiger partial charge is 0.244 e. The molecule has 0 aromatic heterocycles. The number of hydrogen-bond donors (Lipinski definition) is 1. The van der Waals surface area contributed by atoms with Gasteiger partial charge in [0.25, 0.3) is 0 Å². The molecule has 21 heavy (non-hydrogen) atoms. The number of anilines is 1. The van der Waals surface area contributed by atoms with Gasteiger partial charge in [-0.1, -0.05) is 19.8 Å². The van der Waals surface area contributed by atoms with Crippen LogP contribution in [0.1, 0.15) is 39.0 Å². The Hall–Kier alpha value is -0.660. The Balaban J connectivity index is 2.43. The van der Waals surface area contributed by atoms with E-state index in [0.29, 0.717) is 6.54 Å². The lowest BCUT2D eigenvalue weighted by Crippen LogP contribution is -2.43. The number of rotatable bonds is 4. The number of halogens is 2. The molecule has 1 aliphatic rings. The van der Waals surface area contributed by atoms with Crippen LogP contribution in [-0.2, 0) is 10.0 Å². The van der Waals surface area contributed by atoms with Crippen LogP contribution in [0.3, 0.4) is 0 Å². The number of piperidine rings is 1. The van der Waals surface area contributed by atoms with Gasteiger partial charge in [-0.2, -0.15) is 4.31 Å². The van der Waals surface area contributed by atoms with Gasteiger partial charge in [0, 0.05) is 17.1 Å². The zero-order valence-electron chi connectivity index (χ0n) is 12.0. The lowest BCUT2D eigenvalue weighted by atomic mass is 10.0. The fourth-order valence-electron chi connectivity index (χ4n) is 2.78. The molecule has 7 heteroatoms. The molecule has 4 nitrogen and oxygen atoms in total. The molecule has 1 aliphatic heterocycles. The molecule has 0 bridgehead atoms. The monoisotopic (exact) mass is 378 g/mol. The molecule has 0 saturated carbocycles. The van der Waals surface area contributed by atoms with E-state index < -0.39 is 15.8 Å². The first-order valence-corrected chi connectivity index (χ1v) is 9.37. The van der Waals surface area contributed by atoms with Crippen LogP contribution in [0.5, 0.6) is 0 Å². The number of benzene rings is 1. The molecule has 1 unspecified atom stereocenters. The van der Waals surface area contributed by atoms with Crippen molar-refractivity contribution in [3.05, 3.63) is 22.4 Å². The highest BCUT2D eigenvalue weighted by molar-refractivity contribution is 9.10. The first-order valence-electron chi connectivity index (χ1n) is 7.14. The summed E-state index contributed by atoms with van der Waals surface area (Å²) >= 11 is 3.14. The van der Waals surface area contributed by atoms with E-state index in [0.717, 1.165) is 38.2 Å². The minimum absolute atomic E-state index is 0.0203. The third-order valence-corrected chi connectivity index (χ3v) is 6.74. The summed E-state index contributed by atoms with van der Waals surface area (Å²) in [6.07, 6.45) is 4.55. The summed E-state index contributed by atoms with van der Waals surface area (Å²) in [5, 5.41) is 0. The second-order valence-electron chi connectivity index (χ2n) is 5.36.